The van der Waals surface area contributed by atoms with Crippen molar-refractivity contribution < 1.29 is 24.4 Å². The lowest BCUT2D eigenvalue weighted by Gasteiger charge is -2.49. The number of hydrogen-bond donors (Lipinski definition) is 2. The van der Waals surface area contributed by atoms with E-state index in [-0.39, 0.29) is 29.4 Å². The number of nitrogens with zero attached hydrogens (tertiary/aromatic N) is 8. The van der Waals surface area contributed by atoms with E-state index in [1.807, 2.05) is 0 Å². The molecule has 0 saturated carbocycles. The van der Waals surface area contributed by atoms with Crippen molar-refractivity contribution in [2.24, 2.45) is 7.05 Å². The van der Waals surface area contributed by atoms with Gasteiger partial charge in [-0.2, -0.15) is 5.10 Å². The van der Waals surface area contributed by atoms with Crippen LogP contribution in [0.2, 0.25) is 0 Å². The molecule has 2 aliphatic rings. The van der Waals surface area contributed by atoms with Gasteiger partial charge in [0.15, 0.2) is 0 Å². The van der Waals surface area contributed by atoms with Crippen molar-refractivity contribution >= 4 is 47.0 Å². The third-order valence-electron chi connectivity index (χ3n) is 5.09. The first-order chi connectivity index (χ1) is 15.7. The Morgan fingerprint density at radius 3 is 2.82 bits per heavy atom. The van der Waals surface area contributed by atoms with E-state index in [0.29, 0.717) is 16.5 Å². The highest BCUT2D eigenvalue weighted by Gasteiger charge is 2.54. The summed E-state index contributed by atoms with van der Waals surface area (Å²) in [5.41, 5.74) is 0.445. The van der Waals surface area contributed by atoms with Gasteiger partial charge in [-0.1, -0.05) is 11.8 Å². The quantitative estimate of drug-likeness (QED) is 0.200. The predicted octanol–water partition coefficient (Wildman–Crippen LogP) is -0.846. The monoisotopic (exact) mass is 495 g/mol. The first-order valence-electron chi connectivity index (χ1n) is 9.40. The molecule has 1 saturated heterocycles. The number of carbonyl (C=O) groups is 3. The van der Waals surface area contributed by atoms with Crippen LogP contribution in [0.15, 0.2) is 22.6 Å². The number of β-lactam (4-membered cyclic amide) rings is 1. The lowest BCUT2D eigenvalue weighted by atomic mass is 10.0. The normalized spacial score (nSPS) is 19.8. The Kier molecular flexibility index (Phi) is 6.07. The summed E-state index contributed by atoms with van der Waals surface area (Å²) >= 11 is 2.60. The Bertz CT molecular complexity index is 1190. The SMILES string of the molecule is Cc1c([N+](=O)[O-])cnn1CC(=O)N[C@H]1C(=O)N2C(C(=O)O)=C(CSc3nnnn3C)CS[C@H]12. The molecule has 0 spiro atoms. The van der Waals surface area contributed by atoms with E-state index in [2.05, 4.69) is 25.9 Å². The molecular formula is C16H17N9O6S2. The molecule has 0 unspecified atom stereocenters. The Balaban J connectivity index is 1.43. The van der Waals surface area contributed by atoms with Gasteiger partial charge in [-0.25, -0.2) is 9.48 Å². The summed E-state index contributed by atoms with van der Waals surface area (Å²) in [7, 11) is 1.66. The van der Waals surface area contributed by atoms with Gasteiger partial charge < -0.3 is 10.4 Å². The fraction of sp³-hybridized carbons (Fsp3) is 0.438. The second-order valence-corrected chi connectivity index (χ2v) is 9.16. The van der Waals surface area contributed by atoms with Gasteiger partial charge in [0, 0.05) is 18.6 Å². The van der Waals surface area contributed by atoms with Gasteiger partial charge in [-0.05, 0) is 22.9 Å². The minimum atomic E-state index is -1.23. The Morgan fingerprint density at radius 1 is 1.45 bits per heavy atom. The van der Waals surface area contributed by atoms with Gasteiger partial charge in [0.1, 0.15) is 35.5 Å². The molecule has 2 amide bonds. The molecule has 4 rings (SSSR count). The van der Waals surface area contributed by atoms with Gasteiger partial charge in [0.05, 0.1) is 4.92 Å². The molecule has 15 nitrogen and oxygen atoms in total. The Hall–Kier alpha value is -3.47. The highest BCUT2D eigenvalue weighted by Crippen LogP contribution is 2.41. The predicted molar refractivity (Wildman–Crippen MR) is 113 cm³/mol. The smallest absolute Gasteiger partial charge is 0.352 e. The van der Waals surface area contributed by atoms with Gasteiger partial charge in [0.2, 0.25) is 11.1 Å². The van der Waals surface area contributed by atoms with Crippen molar-refractivity contribution in [3.63, 3.8) is 0 Å². The van der Waals surface area contributed by atoms with E-state index in [1.54, 1.807) is 7.05 Å². The number of fused-ring (bicyclic) bond motifs is 1. The van der Waals surface area contributed by atoms with Crippen LogP contribution in [-0.2, 0) is 28.0 Å². The lowest BCUT2D eigenvalue weighted by Crippen LogP contribution is -2.70. The minimum Gasteiger partial charge on any atom is -0.477 e. The molecule has 1 fully saturated rings. The number of carbonyl (C=O) groups excluding carboxylic acids is 2. The summed E-state index contributed by atoms with van der Waals surface area (Å²) in [5.74, 6) is -1.70. The van der Waals surface area contributed by atoms with Crippen molar-refractivity contribution in [2.75, 3.05) is 11.5 Å². The number of thioether (sulfide) groups is 2. The largest absolute Gasteiger partial charge is 0.477 e. The number of nitro groups is 1. The third-order valence-corrected chi connectivity index (χ3v) is 7.53. The molecule has 33 heavy (non-hydrogen) atoms. The lowest BCUT2D eigenvalue weighted by molar-refractivity contribution is -0.385. The molecule has 2 aliphatic heterocycles. The van der Waals surface area contributed by atoms with E-state index in [4.69, 9.17) is 0 Å². The zero-order valence-electron chi connectivity index (χ0n) is 17.2. The van der Waals surface area contributed by atoms with Crippen LogP contribution in [0.25, 0.3) is 0 Å². The number of carboxylic acid groups (broad SMARTS) is 1. The van der Waals surface area contributed by atoms with Crippen molar-refractivity contribution in [1.82, 2.24) is 40.2 Å². The van der Waals surface area contributed by atoms with Crippen LogP contribution < -0.4 is 5.32 Å². The van der Waals surface area contributed by atoms with Gasteiger partial charge in [-0.15, -0.1) is 16.9 Å². The van der Waals surface area contributed by atoms with Crippen molar-refractivity contribution in [3.05, 3.63) is 33.3 Å². The van der Waals surface area contributed by atoms with Crippen LogP contribution >= 0.6 is 23.5 Å². The molecule has 174 valence electrons. The molecule has 17 heteroatoms. The number of rotatable bonds is 8. The second kappa shape index (κ2) is 8.81. The van der Waals surface area contributed by atoms with E-state index in [9.17, 15) is 29.6 Å². The standard InChI is InChI=1S/C16H17N9O6S2/c1-7-9(25(30)31)3-17-23(7)4-10(26)18-11-13(27)24-12(15(28)29)8(5-32-14(11)24)6-33-16-19-20-21-22(16)2/h3,11,14H,4-6H2,1-2H3,(H,18,26)(H,28,29)/t11-,14+/m0/s1. The molecule has 4 heterocycles. The topological polar surface area (TPSA) is 191 Å². The summed E-state index contributed by atoms with van der Waals surface area (Å²) in [6.45, 7) is 1.16. The van der Waals surface area contributed by atoms with Crippen LogP contribution in [0.4, 0.5) is 5.69 Å². The number of aryl methyl sites for hydroxylation is 1. The number of carboxylic acids is 1. The molecule has 2 aromatic rings. The van der Waals surface area contributed by atoms with Crippen LogP contribution in [0.3, 0.4) is 0 Å². The molecule has 0 bridgehead atoms. The van der Waals surface area contributed by atoms with Gasteiger partial charge >= 0.3 is 11.7 Å². The summed E-state index contributed by atoms with van der Waals surface area (Å²) in [5, 5.41) is 38.1. The maximum Gasteiger partial charge on any atom is 0.352 e. The number of aliphatic carboxylic acids is 1. The summed E-state index contributed by atoms with van der Waals surface area (Å²) in [4.78, 5) is 48.6. The fourth-order valence-corrected chi connectivity index (χ4v) is 5.75. The summed E-state index contributed by atoms with van der Waals surface area (Å²) in [6.07, 6.45) is 1.05. The number of nitrogens with one attached hydrogen (secondary N) is 1. The Morgan fingerprint density at radius 2 is 2.21 bits per heavy atom. The van der Waals surface area contributed by atoms with Crippen LogP contribution in [0, 0.1) is 17.0 Å². The maximum atomic E-state index is 12.7. The van der Waals surface area contributed by atoms with E-state index in [1.165, 1.54) is 44.7 Å². The highest BCUT2D eigenvalue weighted by molar-refractivity contribution is 8.01. The average Bonchev–Trinajstić information content (AvgIpc) is 3.34. The zero-order valence-corrected chi connectivity index (χ0v) is 18.9. The van der Waals surface area contributed by atoms with Crippen LogP contribution in [0.1, 0.15) is 5.69 Å². The summed E-state index contributed by atoms with van der Waals surface area (Å²) < 4.78 is 2.63. The van der Waals surface area contributed by atoms with Gasteiger partial charge in [0.25, 0.3) is 5.91 Å². The molecule has 2 N–H and O–H groups in total. The second-order valence-electron chi connectivity index (χ2n) is 7.12. The number of amides is 2. The number of hydrogen-bond acceptors (Lipinski definition) is 11. The molecule has 0 aromatic carbocycles. The zero-order chi connectivity index (χ0) is 23.9. The number of tetrazole rings is 1. The van der Waals surface area contributed by atoms with E-state index >= 15 is 0 Å². The van der Waals surface area contributed by atoms with Crippen molar-refractivity contribution in [3.8, 4) is 0 Å². The molecule has 2 atom stereocenters. The van der Waals surface area contributed by atoms with Crippen LogP contribution in [0.5, 0.6) is 0 Å². The molecular weight excluding hydrogens is 478 g/mol. The average molecular weight is 496 g/mol. The minimum absolute atomic E-state index is 0.101. The molecule has 2 aromatic heterocycles. The van der Waals surface area contributed by atoms with Crippen molar-refractivity contribution in [1.29, 1.82) is 0 Å². The van der Waals surface area contributed by atoms with Gasteiger partial charge in [-0.3, -0.25) is 29.3 Å². The first-order valence-corrected chi connectivity index (χ1v) is 11.4. The Labute approximate surface area is 193 Å². The third kappa shape index (κ3) is 4.15. The van der Waals surface area contributed by atoms with Crippen molar-refractivity contribution in [2.45, 2.75) is 30.0 Å². The fourth-order valence-electron chi connectivity index (χ4n) is 3.42. The highest BCUT2D eigenvalue weighted by atomic mass is 32.2. The van der Waals surface area contributed by atoms with E-state index < -0.39 is 34.1 Å². The molecule has 0 radical (unpaired) electrons. The first kappa shape index (κ1) is 22.7. The van der Waals surface area contributed by atoms with E-state index in [0.717, 1.165) is 6.20 Å². The maximum absolute atomic E-state index is 12.7. The summed E-state index contributed by atoms with van der Waals surface area (Å²) in [6, 6.07) is -0.903. The van der Waals surface area contributed by atoms with Crippen LogP contribution in [-0.4, -0.2) is 85.6 Å². The number of aromatic nitrogens is 6. The molecule has 0 aliphatic carbocycles.